The normalized spacial score (nSPS) is 12.9. The number of thioether (sulfide) groups is 1. The van der Waals surface area contributed by atoms with Gasteiger partial charge in [0.1, 0.15) is 0 Å². The number of nitrogens with one attached hydrogen (secondary N) is 1. The van der Waals surface area contributed by atoms with Crippen LogP contribution in [0.25, 0.3) is 16.5 Å². The van der Waals surface area contributed by atoms with Gasteiger partial charge in [-0.3, -0.25) is 9.36 Å². The molecular formula is C24H19BrClKN4O3S. The van der Waals surface area contributed by atoms with Crippen LogP contribution >= 0.6 is 39.3 Å². The van der Waals surface area contributed by atoms with Crippen LogP contribution in [0.5, 0.6) is 0 Å². The van der Waals surface area contributed by atoms with Crippen molar-refractivity contribution >= 4 is 67.6 Å². The molecule has 0 spiro atoms. The number of carboxylic acids is 1. The molecule has 1 aromatic heterocycles. The van der Waals surface area contributed by atoms with Crippen LogP contribution in [0.4, 0.5) is 5.69 Å². The molecule has 0 atom stereocenters. The van der Waals surface area contributed by atoms with Crippen molar-refractivity contribution in [3.8, 4) is 5.69 Å². The second kappa shape index (κ2) is 11.4. The molecule has 4 aromatic rings. The first-order chi connectivity index (χ1) is 16.4. The standard InChI is InChI=1S/C24H18BrClN4O3S.K.H/c25-23-28-29-24(34-12-21(31)27-19-9-7-14(22(32)33)11-18(19)26)30(23)20-10-8-15(13-5-6-13)16-3-1-2-4-17(16)20;;/h1-4,7-11,13H,5-6,12H2,(H,27,31)(H,32,33);;/q;+1;-1. The van der Waals surface area contributed by atoms with Gasteiger partial charge in [0.15, 0.2) is 5.16 Å². The average molecular weight is 598 g/mol. The van der Waals surface area contributed by atoms with E-state index in [0.717, 1.165) is 11.1 Å². The molecule has 0 aliphatic heterocycles. The van der Waals surface area contributed by atoms with Gasteiger partial charge in [-0.1, -0.05) is 53.7 Å². The van der Waals surface area contributed by atoms with Crippen molar-refractivity contribution in [3.05, 3.63) is 75.5 Å². The Morgan fingerprint density at radius 2 is 1.89 bits per heavy atom. The van der Waals surface area contributed by atoms with Crippen molar-refractivity contribution < 1.29 is 67.5 Å². The summed E-state index contributed by atoms with van der Waals surface area (Å²) in [6.45, 7) is 0. The van der Waals surface area contributed by atoms with E-state index in [9.17, 15) is 9.59 Å². The Kier molecular flexibility index (Phi) is 8.76. The van der Waals surface area contributed by atoms with E-state index in [1.165, 1.54) is 53.8 Å². The van der Waals surface area contributed by atoms with Crippen LogP contribution in [-0.2, 0) is 4.79 Å². The maximum Gasteiger partial charge on any atom is 1.00 e. The van der Waals surface area contributed by atoms with E-state index in [1.54, 1.807) is 0 Å². The Balaban J connectivity index is 0.00000180. The fourth-order valence-corrected chi connectivity index (χ4v) is 5.39. The molecule has 0 radical (unpaired) electrons. The van der Waals surface area contributed by atoms with Gasteiger partial charge < -0.3 is 11.8 Å². The Morgan fingerprint density at radius 3 is 2.57 bits per heavy atom. The second-order valence-electron chi connectivity index (χ2n) is 7.92. The largest absolute Gasteiger partial charge is 1.00 e. The van der Waals surface area contributed by atoms with E-state index < -0.39 is 5.97 Å². The minimum atomic E-state index is -1.09. The van der Waals surface area contributed by atoms with Crippen LogP contribution in [0.2, 0.25) is 5.02 Å². The number of aromatic nitrogens is 3. The topological polar surface area (TPSA) is 97.1 Å². The number of rotatable bonds is 7. The molecule has 1 fully saturated rings. The minimum Gasteiger partial charge on any atom is -1.00 e. The molecule has 2 N–H and O–H groups in total. The van der Waals surface area contributed by atoms with Gasteiger partial charge in [-0.15, -0.1) is 10.2 Å². The van der Waals surface area contributed by atoms with Gasteiger partial charge in [-0.2, -0.15) is 0 Å². The summed E-state index contributed by atoms with van der Waals surface area (Å²) < 4.78 is 2.44. The predicted molar refractivity (Wildman–Crippen MR) is 137 cm³/mol. The van der Waals surface area contributed by atoms with Gasteiger partial charge in [0.05, 0.1) is 27.7 Å². The zero-order valence-electron chi connectivity index (χ0n) is 19.7. The van der Waals surface area contributed by atoms with Crippen molar-refractivity contribution in [3.63, 3.8) is 0 Å². The predicted octanol–water partition coefficient (Wildman–Crippen LogP) is 3.26. The van der Waals surface area contributed by atoms with Gasteiger partial charge in [-0.05, 0) is 69.9 Å². The number of hydrogen-bond donors (Lipinski definition) is 2. The quantitative estimate of drug-likeness (QED) is 0.251. The van der Waals surface area contributed by atoms with Gasteiger partial charge in [-0.25, -0.2) is 4.79 Å². The molecule has 1 amide bonds. The summed E-state index contributed by atoms with van der Waals surface area (Å²) in [7, 11) is 0. The van der Waals surface area contributed by atoms with E-state index in [1.807, 2.05) is 16.7 Å². The first-order valence-corrected chi connectivity index (χ1v) is 12.7. The first kappa shape index (κ1) is 26.8. The number of halogens is 2. The van der Waals surface area contributed by atoms with Crippen molar-refractivity contribution in [2.75, 3.05) is 11.1 Å². The van der Waals surface area contributed by atoms with Crippen molar-refractivity contribution in [1.29, 1.82) is 0 Å². The number of anilines is 1. The maximum absolute atomic E-state index is 12.6. The number of carboxylic acid groups (broad SMARTS) is 1. The summed E-state index contributed by atoms with van der Waals surface area (Å²) in [6.07, 6.45) is 2.44. The second-order valence-corrected chi connectivity index (χ2v) is 9.98. The fourth-order valence-electron chi connectivity index (χ4n) is 3.87. The fraction of sp³-hybridized carbons (Fsp3) is 0.167. The van der Waals surface area contributed by atoms with Crippen LogP contribution in [0.1, 0.15) is 36.1 Å². The number of hydrogen-bond acceptors (Lipinski definition) is 5. The third-order valence-corrected chi connectivity index (χ3v) is 7.36. The molecule has 7 nitrogen and oxygen atoms in total. The molecule has 1 heterocycles. The molecule has 35 heavy (non-hydrogen) atoms. The van der Waals surface area contributed by atoms with Crippen molar-refractivity contribution in [1.82, 2.24) is 14.8 Å². The number of benzene rings is 3. The summed E-state index contributed by atoms with van der Waals surface area (Å²) >= 11 is 10.9. The third-order valence-electron chi connectivity index (χ3n) is 5.61. The molecule has 1 saturated carbocycles. The van der Waals surface area contributed by atoms with E-state index in [2.05, 4.69) is 55.7 Å². The number of amides is 1. The summed E-state index contributed by atoms with van der Waals surface area (Å²) in [5.74, 6) is -0.690. The number of fused-ring (bicyclic) bond motifs is 1. The van der Waals surface area contributed by atoms with Gasteiger partial charge in [0.25, 0.3) is 0 Å². The first-order valence-electron chi connectivity index (χ1n) is 10.5. The number of nitrogens with zero attached hydrogens (tertiary/aromatic N) is 3. The monoisotopic (exact) mass is 596 g/mol. The summed E-state index contributed by atoms with van der Waals surface area (Å²) in [4.78, 5) is 23.6. The molecule has 174 valence electrons. The van der Waals surface area contributed by atoms with E-state index in [0.29, 0.717) is 21.5 Å². The van der Waals surface area contributed by atoms with E-state index in [-0.39, 0.29) is 75.1 Å². The van der Waals surface area contributed by atoms with E-state index in [4.69, 9.17) is 16.7 Å². The summed E-state index contributed by atoms with van der Waals surface area (Å²) in [5, 5.41) is 23.2. The van der Waals surface area contributed by atoms with Gasteiger partial charge in [0, 0.05) is 5.39 Å². The van der Waals surface area contributed by atoms with Crippen LogP contribution in [-0.4, -0.2) is 37.5 Å². The summed E-state index contributed by atoms with van der Waals surface area (Å²) in [6, 6.07) is 16.7. The van der Waals surface area contributed by atoms with Crippen molar-refractivity contribution in [2.45, 2.75) is 23.9 Å². The Labute approximate surface area is 263 Å². The minimum absolute atomic E-state index is 0. The van der Waals surface area contributed by atoms with Crippen LogP contribution < -0.4 is 56.7 Å². The smallest absolute Gasteiger partial charge is 1.00 e. The molecule has 0 bridgehead atoms. The SMILES string of the molecule is O=C(CSc1nnc(Br)n1-c1ccc(C2CC2)c2ccccc12)Nc1ccc(C(=O)O)cc1Cl.[H-].[K+]. The van der Waals surface area contributed by atoms with E-state index >= 15 is 0 Å². The average Bonchev–Trinajstić information content (AvgIpc) is 3.61. The molecule has 0 unspecified atom stereocenters. The molecule has 3 aromatic carbocycles. The Hall–Kier alpha value is -1.24. The zero-order chi connectivity index (χ0) is 23.8. The third kappa shape index (κ3) is 5.85. The number of carbonyl (C=O) groups excluding carboxylic acids is 1. The number of aromatic carboxylic acids is 1. The van der Waals surface area contributed by atoms with Crippen LogP contribution in [0, 0.1) is 0 Å². The van der Waals surface area contributed by atoms with Crippen molar-refractivity contribution in [2.24, 2.45) is 0 Å². The van der Waals surface area contributed by atoms with Gasteiger partial charge in [0.2, 0.25) is 10.6 Å². The molecule has 5 rings (SSSR count). The molecule has 1 aliphatic rings. The van der Waals surface area contributed by atoms with Crippen LogP contribution in [0.15, 0.2) is 64.5 Å². The molecule has 1 aliphatic carbocycles. The molecule has 11 heteroatoms. The Bertz CT molecular complexity index is 1450. The molecule has 0 saturated heterocycles. The Morgan fingerprint density at radius 1 is 1.14 bits per heavy atom. The van der Waals surface area contributed by atoms with Gasteiger partial charge >= 0.3 is 57.4 Å². The maximum atomic E-state index is 12.6. The molecular weight excluding hydrogens is 579 g/mol. The number of carbonyl (C=O) groups is 2. The van der Waals surface area contributed by atoms with Crippen LogP contribution in [0.3, 0.4) is 0 Å². The zero-order valence-corrected chi connectivity index (χ0v) is 24.9. The summed E-state index contributed by atoms with van der Waals surface area (Å²) in [5.41, 5.74) is 2.70.